The van der Waals surface area contributed by atoms with E-state index in [1.807, 2.05) is 6.92 Å². The van der Waals surface area contributed by atoms with Gasteiger partial charge in [-0.3, -0.25) is 4.90 Å². The minimum absolute atomic E-state index is 0.820. The van der Waals surface area contributed by atoms with Crippen LogP contribution in [0.5, 0.6) is 0 Å². The van der Waals surface area contributed by atoms with E-state index in [1.165, 1.54) is 76.3 Å². The fourth-order valence-corrected chi connectivity index (χ4v) is 4.04. The molecule has 1 aliphatic heterocycles. The Kier molecular flexibility index (Phi) is 9.79. The van der Waals surface area contributed by atoms with E-state index in [-0.39, 0.29) is 0 Å². The summed E-state index contributed by atoms with van der Waals surface area (Å²) in [4.78, 5) is 4.82. The summed E-state index contributed by atoms with van der Waals surface area (Å²) >= 11 is 0. The summed E-state index contributed by atoms with van der Waals surface area (Å²) in [6.45, 7) is 10.7. The van der Waals surface area contributed by atoms with Gasteiger partial charge < -0.3 is 10.1 Å². The second-order valence-electron chi connectivity index (χ2n) is 8.16. The van der Waals surface area contributed by atoms with E-state index in [4.69, 9.17) is 0 Å². The van der Waals surface area contributed by atoms with Crippen molar-refractivity contribution in [3.05, 3.63) is 23.0 Å². The average molecular weight is 376 g/mol. The van der Waals surface area contributed by atoms with Crippen LogP contribution >= 0.6 is 0 Å². The lowest BCUT2D eigenvalue weighted by atomic mass is 10.1. The van der Waals surface area contributed by atoms with E-state index in [0.29, 0.717) is 0 Å². The van der Waals surface area contributed by atoms with E-state index in [0.717, 1.165) is 42.4 Å². The number of aryl methyl sites for hydroxylation is 1. The lowest BCUT2D eigenvalue weighted by molar-refractivity contribution is -0.599. The summed E-state index contributed by atoms with van der Waals surface area (Å²) in [7, 11) is 0. The molecule has 0 radical (unpaired) electrons. The maximum Gasteiger partial charge on any atom is 0.281 e. The molecule has 0 N–H and O–H groups in total. The maximum atomic E-state index is 12.9. The van der Waals surface area contributed by atoms with Gasteiger partial charge in [-0.15, -0.1) is 0 Å². The van der Waals surface area contributed by atoms with Crippen molar-refractivity contribution in [2.45, 2.75) is 91.4 Å². The van der Waals surface area contributed by atoms with Crippen molar-refractivity contribution >= 4 is 11.5 Å². The number of rotatable bonds is 12. The van der Waals surface area contributed by atoms with Crippen molar-refractivity contribution in [3.8, 4) is 0 Å². The molecule has 1 aliphatic rings. The molecule has 0 atom stereocenters. The molecule has 1 aromatic heterocycles. The topological polar surface area (TPSA) is 33.4 Å². The summed E-state index contributed by atoms with van der Waals surface area (Å²) in [5, 5.41) is 12.9. The smallest absolute Gasteiger partial charge is 0.281 e. The normalized spacial score (nSPS) is 14.6. The van der Waals surface area contributed by atoms with Crippen LogP contribution < -0.4 is 14.5 Å². The lowest BCUT2D eigenvalue weighted by Crippen LogP contribution is -2.42. The molecule has 0 saturated carbocycles. The zero-order chi connectivity index (χ0) is 19.5. The Balaban J connectivity index is 2.15. The highest BCUT2D eigenvalue weighted by Crippen LogP contribution is 2.25. The van der Waals surface area contributed by atoms with Crippen molar-refractivity contribution in [1.29, 1.82) is 0 Å². The molecule has 2 rings (SSSR count). The Morgan fingerprint density at radius 1 is 0.889 bits per heavy atom. The third-order valence-electron chi connectivity index (χ3n) is 5.77. The van der Waals surface area contributed by atoms with Gasteiger partial charge in [0.2, 0.25) is 0 Å². The SMILES string of the molecule is CCCCCCN(CCCCCC)c1cc(N2CCCCC2)cc(C)[n+]1[O-]. The first-order valence-corrected chi connectivity index (χ1v) is 11.4. The molecule has 4 heteroatoms. The van der Waals surface area contributed by atoms with Crippen LogP contribution in [0.25, 0.3) is 0 Å². The fraction of sp³-hybridized carbons (Fsp3) is 0.783. The third kappa shape index (κ3) is 6.90. The predicted octanol–water partition coefficient (Wildman–Crippen LogP) is 5.59. The van der Waals surface area contributed by atoms with E-state index >= 15 is 0 Å². The average Bonchev–Trinajstić information content (AvgIpc) is 2.69. The molecule has 1 fully saturated rings. The van der Waals surface area contributed by atoms with Crippen LogP contribution in [0, 0.1) is 12.1 Å². The maximum absolute atomic E-state index is 12.9. The number of nitrogens with zero attached hydrogens (tertiary/aromatic N) is 3. The minimum atomic E-state index is 0.820. The number of piperidine rings is 1. The summed E-state index contributed by atoms with van der Waals surface area (Å²) in [6.07, 6.45) is 13.8. The minimum Gasteiger partial charge on any atom is -0.710 e. The van der Waals surface area contributed by atoms with Crippen molar-refractivity contribution < 1.29 is 4.73 Å². The Morgan fingerprint density at radius 2 is 1.48 bits per heavy atom. The summed E-state index contributed by atoms with van der Waals surface area (Å²) in [5.74, 6) is 0.864. The van der Waals surface area contributed by atoms with Gasteiger partial charge in [-0.2, -0.15) is 0 Å². The van der Waals surface area contributed by atoms with Crippen molar-refractivity contribution in [2.24, 2.45) is 0 Å². The van der Waals surface area contributed by atoms with Gasteiger partial charge in [-0.05, 0) is 51.9 Å². The largest absolute Gasteiger partial charge is 0.710 e. The lowest BCUT2D eigenvalue weighted by Gasteiger charge is -2.30. The van der Waals surface area contributed by atoms with Crippen LogP contribution in [0.3, 0.4) is 0 Å². The molecule has 154 valence electrons. The molecule has 0 unspecified atom stereocenters. The molecule has 0 aliphatic carbocycles. The Bertz CT molecular complexity index is 529. The van der Waals surface area contributed by atoms with Gasteiger partial charge in [0.25, 0.3) is 5.82 Å². The molecule has 0 amide bonds. The summed E-state index contributed by atoms with van der Waals surface area (Å²) in [5.41, 5.74) is 2.06. The van der Waals surface area contributed by atoms with Crippen LogP contribution in [0.15, 0.2) is 12.1 Å². The van der Waals surface area contributed by atoms with Crippen LogP contribution in [0.2, 0.25) is 0 Å². The second-order valence-corrected chi connectivity index (χ2v) is 8.16. The summed E-state index contributed by atoms with van der Waals surface area (Å²) < 4.78 is 1.16. The Morgan fingerprint density at radius 3 is 2.04 bits per heavy atom. The number of anilines is 2. The van der Waals surface area contributed by atoms with E-state index in [2.05, 4.69) is 35.8 Å². The van der Waals surface area contributed by atoms with Gasteiger partial charge in [0.1, 0.15) is 5.69 Å². The number of hydrogen-bond acceptors (Lipinski definition) is 3. The number of pyridine rings is 1. The number of aromatic nitrogens is 1. The molecule has 27 heavy (non-hydrogen) atoms. The number of hydrogen-bond donors (Lipinski definition) is 0. The predicted molar refractivity (Wildman–Crippen MR) is 117 cm³/mol. The summed E-state index contributed by atoms with van der Waals surface area (Å²) in [6, 6.07) is 4.24. The molecule has 1 saturated heterocycles. The van der Waals surface area contributed by atoms with Crippen molar-refractivity contribution in [2.75, 3.05) is 36.0 Å². The highest BCUT2D eigenvalue weighted by Gasteiger charge is 2.21. The molecule has 0 aromatic carbocycles. The zero-order valence-electron chi connectivity index (χ0n) is 18.0. The Hall–Kier alpha value is -1.45. The standard InChI is InChI=1S/C23H41N3O/c1-4-6-8-11-17-25(18-12-9-7-5-2)23-20-22(19-21(3)26(23)27)24-15-13-10-14-16-24/h19-20H,4-18H2,1-3H3. The van der Waals surface area contributed by atoms with Gasteiger partial charge in [0.15, 0.2) is 0 Å². The molecule has 4 nitrogen and oxygen atoms in total. The first-order valence-electron chi connectivity index (χ1n) is 11.4. The molecule has 1 aromatic rings. The van der Waals surface area contributed by atoms with Gasteiger partial charge in [-0.1, -0.05) is 39.5 Å². The molecular formula is C23H41N3O. The molecule has 2 heterocycles. The van der Waals surface area contributed by atoms with Crippen LogP contribution in [-0.2, 0) is 0 Å². The van der Waals surface area contributed by atoms with Crippen molar-refractivity contribution in [1.82, 2.24) is 0 Å². The second kappa shape index (κ2) is 12.1. The van der Waals surface area contributed by atoms with E-state index < -0.39 is 0 Å². The van der Waals surface area contributed by atoms with Crippen molar-refractivity contribution in [3.63, 3.8) is 0 Å². The van der Waals surface area contributed by atoms with Crippen LogP contribution in [-0.4, -0.2) is 26.2 Å². The molecular weight excluding hydrogens is 334 g/mol. The molecule has 0 bridgehead atoms. The zero-order valence-corrected chi connectivity index (χ0v) is 18.0. The van der Waals surface area contributed by atoms with Crippen LogP contribution in [0.1, 0.15) is 90.2 Å². The monoisotopic (exact) mass is 375 g/mol. The van der Waals surface area contributed by atoms with Gasteiger partial charge in [-0.25, -0.2) is 4.73 Å². The van der Waals surface area contributed by atoms with Gasteiger partial charge in [0.05, 0.1) is 19.2 Å². The third-order valence-corrected chi connectivity index (χ3v) is 5.77. The first-order chi connectivity index (χ1) is 13.2. The van der Waals surface area contributed by atoms with Crippen LogP contribution in [0.4, 0.5) is 11.5 Å². The molecule has 0 spiro atoms. The highest BCUT2D eigenvalue weighted by atomic mass is 16.5. The number of unbranched alkanes of at least 4 members (excludes halogenated alkanes) is 6. The van der Waals surface area contributed by atoms with Gasteiger partial charge >= 0.3 is 0 Å². The van der Waals surface area contributed by atoms with Gasteiger partial charge in [0, 0.05) is 24.8 Å². The Labute approximate surface area is 167 Å². The van der Waals surface area contributed by atoms with E-state index in [1.54, 1.807) is 0 Å². The first kappa shape index (κ1) is 21.8. The fourth-order valence-electron chi connectivity index (χ4n) is 4.04. The quantitative estimate of drug-likeness (QED) is 0.271. The highest BCUT2D eigenvalue weighted by molar-refractivity contribution is 5.54. The van der Waals surface area contributed by atoms with E-state index in [9.17, 15) is 5.21 Å².